The normalized spacial score (nSPS) is 11.4. The molecule has 2 aromatic carbocycles. The number of benzene rings is 2. The molecule has 0 unspecified atom stereocenters. The van der Waals surface area contributed by atoms with Gasteiger partial charge >= 0.3 is 0 Å². The Kier molecular flexibility index (Phi) is 5.63. The van der Waals surface area contributed by atoms with Gasteiger partial charge in [-0.25, -0.2) is 9.98 Å². The maximum absolute atomic E-state index is 11.2. The molecule has 0 bridgehead atoms. The molecule has 0 spiro atoms. The van der Waals surface area contributed by atoms with Crippen LogP contribution in [0.1, 0.15) is 5.56 Å². The molecule has 156 valence electrons. The maximum Gasteiger partial charge on any atom is 0.288 e. The number of nitro groups is 1. The lowest BCUT2D eigenvalue weighted by Gasteiger charge is -2.12. The molecule has 0 saturated carbocycles. The molecular weight excluding hydrogens is 437 g/mol. The Morgan fingerprint density at radius 3 is 2.52 bits per heavy atom. The minimum absolute atomic E-state index is 0.0244. The highest BCUT2D eigenvalue weighted by Crippen LogP contribution is 2.33. The average molecular weight is 454 g/mol. The molecular formula is C22H17Cl2N5O2. The molecule has 0 aliphatic rings. The van der Waals surface area contributed by atoms with Crippen LogP contribution in [0.25, 0.3) is 16.9 Å². The minimum Gasteiger partial charge on any atom is -0.378 e. The second-order valence-corrected chi connectivity index (χ2v) is 7.81. The van der Waals surface area contributed by atoms with Crippen LogP contribution in [-0.4, -0.2) is 34.6 Å². The summed E-state index contributed by atoms with van der Waals surface area (Å²) >= 11 is 12.2. The summed E-state index contributed by atoms with van der Waals surface area (Å²) in [6.07, 6.45) is 3.35. The van der Waals surface area contributed by atoms with E-state index >= 15 is 0 Å². The Balaban J connectivity index is 1.83. The standard InChI is InChI=1S/C22H17Cl2N5O2/c1-27(2)16-8-6-14(7-9-16)21-22(28-10-4-3-5-20(28)26-21)25-13-15-11-19(29(30)31)18(24)12-17(15)23/h3-13H,1-2H3/b25-13+. The zero-order valence-corrected chi connectivity index (χ0v) is 18.2. The number of nitro benzene ring substituents is 1. The number of nitrogens with zero attached hydrogens (tertiary/aromatic N) is 5. The fourth-order valence-corrected chi connectivity index (χ4v) is 3.64. The van der Waals surface area contributed by atoms with Crippen LogP contribution in [0.4, 0.5) is 17.2 Å². The Bertz CT molecular complexity index is 1310. The largest absolute Gasteiger partial charge is 0.378 e. The van der Waals surface area contributed by atoms with Crippen LogP contribution in [0.5, 0.6) is 0 Å². The minimum atomic E-state index is -0.554. The van der Waals surface area contributed by atoms with Crippen molar-refractivity contribution in [1.82, 2.24) is 9.38 Å². The van der Waals surface area contributed by atoms with Crippen LogP contribution in [-0.2, 0) is 0 Å². The molecule has 9 heteroatoms. The monoisotopic (exact) mass is 453 g/mol. The molecule has 0 N–H and O–H groups in total. The molecule has 0 aliphatic heterocycles. The number of pyridine rings is 1. The molecule has 4 aromatic rings. The molecule has 0 amide bonds. The molecule has 31 heavy (non-hydrogen) atoms. The van der Waals surface area contributed by atoms with E-state index in [1.54, 1.807) is 0 Å². The first-order valence-corrected chi connectivity index (χ1v) is 10.0. The summed E-state index contributed by atoms with van der Waals surface area (Å²) < 4.78 is 1.85. The molecule has 7 nitrogen and oxygen atoms in total. The molecule has 0 fully saturated rings. The van der Waals surface area contributed by atoms with Gasteiger partial charge in [0.2, 0.25) is 0 Å². The van der Waals surface area contributed by atoms with Crippen LogP contribution in [0.15, 0.2) is 65.8 Å². The summed E-state index contributed by atoms with van der Waals surface area (Å²) in [6.45, 7) is 0. The summed E-state index contributed by atoms with van der Waals surface area (Å²) in [5.41, 5.74) is 3.54. The number of anilines is 1. The average Bonchev–Trinajstić information content (AvgIpc) is 3.11. The smallest absolute Gasteiger partial charge is 0.288 e. The van der Waals surface area contributed by atoms with Gasteiger partial charge in [0.05, 0.1) is 9.95 Å². The van der Waals surface area contributed by atoms with Gasteiger partial charge in [0.25, 0.3) is 5.69 Å². The zero-order chi connectivity index (χ0) is 22.1. The van der Waals surface area contributed by atoms with Crippen molar-refractivity contribution in [2.75, 3.05) is 19.0 Å². The van der Waals surface area contributed by atoms with E-state index in [2.05, 4.69) is 4.99 Å². The van der Waals surface area contributed by atoms with Gasteiger partial charge in [-0.2, -0.15) is 0 Å². The van der Waals surface area contributed by atoms with Gasteiger partial charge in [0, 0.05) is 49.4 Å². The zero-order valence-electron chi connectivity index (χ0n) is 16.7. The number of rotatable bonds is 5. The quantitative estimate of drug-likeness (QED) is 0.210. The Hall–Kier alpha value is -3.42. The van der Waals surface area contributed by atoms with Crippen molar-refractivity contribution in [3.8, 4) is 11.3 Å². The van der Waals surface area contributed by atoms with Gasteiger partial charge in [-0.3, -0.25) is 14.5 Å². The number of aliphatic imine (C=N–C) groups is 1. The molecule has 2 aromatic heterocycles. The lowest BCUT2D eigenvalue weighted by atomic mass is 10.1. The number of aromatic nitrogens is 2. The highest BCUT2D eigenvalue weighted by Gasteiger charge is 2.17. The van der Waals surface area contributed by atoms with E-state index in [9.17, 15) is 10.1 Å². The van der Waals surface area contributed by atoms with Crippen LogP contribution in [0.2, 0.25) is 10.0 Å². The van der Waals surface area contributed by atoms with E-state index in [0.717, 1.165) is 16.9 Å². The highest BCUT2D eigenvalue weighted by atomic mass is 35.5. The number of hydrogen-bond donors (Lipinski definition) is 0. The van der Waals surface area contributed by atoms with Crippen molar-refractivity contribution >= 4 is 52.3 Å². The maximum atomic E-state index is 11.2. The van der Waals surface area contributed by atoms with Crippen molar-refractivity contribution in [3.05, 3.63) is 86.5 Å². The van der Waals surface area contributed by atoms with E-state index < -0.39 is 4.92 Å². The SMILES string of the molecule is CN(C)c1ccc(-c2nc3ccccn3c2/N=C/c2cc([N+](=O)[O-])c(Cl)cc2Cl)cc1. The summed E-state index contributed by atoms with van der Waals surface area (Å²) in [6, 6.07) is 16.3. The third-order valence-electron chi connectivity index (χ3n) is 4.75. The predicted molar refractivity (Wildman–Crippen MR) is 125 cm³/mol. The van der Waals surface area contributed by atoms with Gasteiger partial charge in [-0.05, 0) is 30.3 Å². The van der Waals surface area contributed by atoms with Crippen LogP contribution < -0.4 is 4.90 Å². The van der Waals surface area contributed by atoms with Crippen molar-refractivity contribution in [2.45, 2.75) is 0 Å². The van der Waals surface area contributed by atoms with Gasteiger partial charge < -0.3 is 4.90 Å². The summed E-state index contributed by atoms with van der Waals surface area (Å²) in [4.78, 5) is 22.0. The van der Waals surface area contributed by atoms with E-state index in [4.69, 9.17) is 28.2 Å². The van der Waals surface area contributed by atoms with Gasteiger partial charge in [-0.15, -0.1) is 0 Å². The van der Waals surface area contributed by atoms with Crippen LogP contribution in [0, 0.1) is 10.1 Å². The van der Waals surface area contributed by atoms with Crippen LogP contribution in [0.3, 0.4) is 0 Å². The highest BCUT2D eigenvalue weighted by molar-refractivity contribution is 6.37. The Morgan fingerprint density at radius 2 is 1.84 bits per heavy atom. The predicted octanol–water partition coefficient (Wildman–Crippen LogP) is 6.03. The fourth-order valence-electron chi connectivity index (χ4n) is 3.14. The van der Waals surface area contributed by atoms with Crippen molar-refractivity contribution in [1.29, 1.82) is 0 Å². The molecule has 4 rings (SSSR count). The number of hydrogen-bond acceptors (Lipinski definition) is 5. The van der Waals surface area contributed by atoms with Crippen molar-refractivity contribution < 1.29 is 4.92 Å². The summed E-state index contributed by atoms with van der Waals surface area (Å²) in [5.74, 6) is 0.585. The van der Waals surface area contributed by atoms with E-state index in [0.29, 0.717) is 17.1 Å². The first kappa shape index (κ1) is 20.8. The summed E-state index contributed by atoms with van der Waals surface area (Å²) in [7, 11) is 3.95. The van der Waals surface area contributed by atoms with E-state index in [-0.39, 0.29) is 15.7 Å². The third-order valence-corrected chi connectivity index (χ3v) is 5.38. The number of fused-ring (bicyclic) bond motifs is 1. The Morgan fingerprint density at radius 1 is 1.10 bits per heavy atom. The number of imidazole rings is 1. The molecule has 0 atom stereocenters. The van der Waals surface area contributed by atoms with Crippen molar-refractivity contribution in [2.24, 2.45) is 4.99 Å². The fraction of sp³-hybridized carbons (Fsp3) is 0.0909. The second-order valence-electron chi connectivity index (χ2n) is 6.99. The molecule has 0 aliphatic carbocycles. The molecule has 0 saturated heterocycles. The van der Waals surface area contributed by atoms with Crippen LogP contribution >= 0.6 is 23.2 Å². The second kappa shape index (κ2) is 8.37. The van der Waals surface area contributed by atoms with E-state index in [1.807, 2.05) is 72.1 Å². The first-order chi connectivity index (χ1) is 14.8. The van der Waals surface area contributed by atoms with Gasteiger partial charge in [0.1, 0.15) is 16.4 Å². The third kappa shape index (κ3) is 4.10. The topological polar surface area (TPSA) is 76.0 Å². The summed E-state index contributed by atoms with van der Waals surface area (Å²) in [5, 5.41) is 11.5. The van der Waals surface area contributed by atoms with Gasteiger partial charge in [0.15, 0.2) is 5.82 Å². The number of halogens is 2. The lowest BCUT2D eigenvalue weighted by molar-refractivity contribution is -0.384. The Labute approximate surface area is 188 Å². The van der Waals surface area contributed by atoms with Gasteiger partial charge in [-0.1, -0.05) is 41.4 Å². The first-order valence-electron chi connectivity index (χ1n) is 9.27. The molecule has 2 heterocycles. The molecule has 0 radical (unpaired) electrons. The van der Waals surface area contributed by atoms with Crippen molar-refractivity contribution in [3.63, 3.8) is 0 Å². The van der Waals surface area contributed by atoms with E-state index in [1.165, 1.54) is 18.3 Å². The lowest BCUT2D eigenvalue weighted by Crippen LogP contribution is -2.07.